The third-order valence-corrected chi connectivity index (χ3v) is 4.97. The van der Waals surface area contributed by atoms with Crippen LogP contribution in [0.3, 0.4) is 0 Å². The molecular weight excluding hydrogens is 306 g/mol. The minimum Gasteiger partial charge on any atom is -0.389 e. The number of nitrogens with zero attached hydrogens (tertiary/aromatic N) is 1. The molecule has 1 fully saturated rings. The Morgan fingerprint density at radius 3 is 2.46 bits per heavy atom. The molecule has 0 amide bonds. The van der Waals surface area contributed by atoms with Crippen LogP contribution in [-0.4, -0.2) is 28.8 Å². The molecule has 2 rings (SSSR count). The van der Waals surface area contributed by atoms with Gasteiger partial charge in [-0.05, 0) is 24.0 Å². The molecule has 0 unspecified atom stereocenters. The van der Waals surface area contributed by atoms with Gasteiger partial charge < -0.3 is 9.84 Å². The molecule has 1 aromatic carbocycles. The minimum absolute atomic E-state index is 0.0271. The third kappa shape index (κ3) is 4.77. The van der Waals surface area contributed by atoms with Crippen molar-refractivity contribution in [1.29, 1.82) is 0 Å². The van der Waals surface area contributed by atoms with Crippen LogP contribution in [0.15, 0.2) is 24.3 Å². The maximum absolute atomic E-state index is 11.2. The summed E-state index contributed by atoms with van der Waals surface area (Å²) in [6.45, 7) is 1.72. The van der Waals surface area contributed by atoms with Crippen molar-refractivity contribution >= 4 is 0 Å². The van der Waals surface area contributed by atoms with E-state index in [1.165, 1.54) is 44.1 Å². The Kier molecular flexibility index (Phi) is 7.18. The zero-order valence-electron chi connectivity index (χ0n) is 14.6. The Bertz CT molecular complexity index is 517. The smallest absolute Gasteiger partial charge is 0.270 e. The molecule has 24 heavy (non-hydrogen) atoms. The SMILES string of the molecule is CCCCCCCCc1ccc([C@H]2C[C@](CO)([N+](=O)[O-])CO2)cc1. The van der Waals surface area contributed by atoms with E-state index in [1.807, 2.05) is 12.1 Å². The van der Waals surface area contributed by atoms with Gasteiger partial charge in [0.05, 0.1) is 12.5 Å². The second-order valence-electron chi connectivity index (χ2n) is 6.90. The Morgan fingerprint density at radius 1 is 1.21 bits per heavy atom. The van der Waals surface area contributed by atoms with E-state index in [4.69, 9.17) is 4.74 Å². The maximum Gasteiger partial charge on any atom is 0.270 e. The molecule has 0 spiro atoms. The van der Waals surface area contributed by atoms with Crippen LogP contribution in [0.25, 0.3) is 0 Å². The summed E-state index contributed by atoms with van der Waals surface area (Å²) >= 11 is 0. The lowest BCUT2D eigenvalue weighted by atomic mass is 9.94. The van der Waals surface area contributed by atoms with Gasteiger partial charge >= 0.3 is 0 Å². The fraction of sp³-hybridized carbons (Fsp3) is 0.684. The first-order chi connectivity index (χ1) is 11.6. The molecule has 0 saturated carbocycles. The molecular formula is C19H29NO4. The quantitative estimate of drug-likeness (QED) is 0.397. The van der Waals surface area contributed by atoms with E-state index in [1.54, 1.807) is 0 Å². The van der Waals surface area contributed by atoms with E-state index in [0.717, 1.165) is 12.0 Å². The van der Waals surface area contributed by atoms with E-state index in [0.29, 0.717) is 0 Å². The Hall–Kier alpha value is -1.46. The van der Waals surface area contributed by atoms with Gasteiger partial charge in [-0.2, -0.15) is 0 Å². The van der Waals surface area contributed by atoms with Crippen LogP contribution in [0.4, 0.5) is 0 Å². The van der Waals surface area contributed by atoms with Gasteiger partial charge in [-0.15, -0.1) is 0 Å². The molecule has 1 N–H and O–H groups in total. The van der Waals surface area contributed by atoms with Crippen LogP contribution in [0.1, 0.15) is 69.1 Å². The van der Waals surface area contributed by atoms with Crippen LogP contribution in [-0.2, 0) is 11.2 Å². The standard InChI is InChI=1S/C19H29NO4/c1-2-3-4-5-6-7-8-16-9-11-17(12-10-16)18-13-19(14-21,15-24-18)20(22)23/h9-12,18,21H,2-8,13-15H2,1H3/t18-,19-/m1/s1. The molecule has 134 valence electrons. The molecule has 0 radical (unpaired) electrons. The van der Waals surface area contributed by atoms with Gasteiger partial charge in [0.1, 0.15) is 13.2 Å². The number of hydrogen-bond acceptors (Lipinski definition) is 4. The molecule has 0 aliphatic carbocycles. The van der Waals surface area contributed by atoms with E-state index in [9.17, 15) is 15.2 Å². The van der Waals surface area contributed by atoms with Crippen molar-refractivity contribution < 1.29 is 14.8 Å². The van der Waals surface area contributed by atoms with Crippen molar-refractivity contribution in [2.45, 2.75) is 69.9 Å². The van der Waals surface area contributed by atoms with Gasteiger partial charge in [-0.25, -0.2) is 0 Å². The van der Waals surface area contributed by atoms with E-state index >= 15 is 0 Å². The Labute approximate surface area is 144 Å². The molecule has 5 nitrogen and oxygen atoms in total. The molecule has 0 aromatic heterocycles. The number of nitro groups is 1. The van der Waals surface area contributed by atoms with Crippen LogP contribution >= 0.6 is 0 Å². The molecule has 5 heteroatoms. The average Bonchev–Trinajstić information content (AvgIpc) is 3.04. The highest BCUT2D eigenvalue weighted by atomic mass is 16.6. The molecule has 0 bridgehead atoms. The summed E-state index contributed by atoms with van der Waals surface area (Å²) in [4.78, 5) is 10.8. The van der Waals surface area contributed by atoms with Crippen molar-refractivity contribution in [2.24, 2.45) is 0 Å². The summed E-state index contributed by atoms with van der Waals surface area (Å²) in [7, 11) is 0. The Morgan fingerprint density at radius 2 is 1.88 bits per heavy atom. The molecule has 2 atom stereocenters. The first-order valence-corrected chi connectivity index (χ1v) is 9.07. The number of hydrogen-bond donors (Lipinski definition) is 1. The zero-order chi connectivity index (χ0) is 17.4. The van der Waals surface area contributed by atoms with Gasteiger partial charge in [0.25, 0.3) is 5.54 Å². The number of aliphatic hydroxyl groups is 1. The van der Waals surface area contributed by atoms with Crippen LogP contribution in [0.2, 0.25) is 0 Å². The highest BCUT2D eigenvalue weighted by Crippen LogP contribution is 2.36. The third-order valence-electron chi connectivity index (χ3n) is 4.97. The first-order valence-electron chi connectivity index (χ1n) is 9.07. The number of rotatable bonds is 10. The zero-order valence-corrected chi connectivity index (χ0v) is 14.6. The van der Waals surface area contributed by atoms with Gasteiger partial charge in [-0.1, -0.05) is 63.3 Å². The number of unbranched alkanes of at least 4 members (excludes halogenated alkanes) is 5. The van der Waals surface area contributed by atoms with E-state index < -0.39 is 17.1 Å². The van der Waals surface area contributed by atoms with Gasteiger partial charge in [0.15, 0.2) is 0 Å². The van der Waals surface area contributed by atoms with Crippen molar-refractivity contribution in [3.63, 3.8) is 0 Å². The molecule has 1 aliphatic heterocycles. The van der Waals surface area contributed by atoms with E-state index in [2.05, 4.69) is 19.1 Å². The predicted molar refractivity (Wildman–Crippen MR) is 93.6 cm³/mol. The lowest BCUT2D eigenvalue weighted by Crippen LogP contribution is -2.42. The fourth-order valence-electron chi connectivity index (χ4n) is 3.24. The first kappa shape index (κ1) is 18.9. The highest BCUT2D eigenvalue weighted by molar-refractivity contribution is 5.25. The van der Waals surface area contributed by atoms with Crippen LogP contribution < -0.4 is 0 Å². The van der Waals surface area contributed by atoms with Crippen LogP contribution in [0.5, 0.6) is 0 Å². The summed E-state index contributed by atoms with van der Waals surface area (Å²) in [6.07, 6.45) is 8.73. The maximum atomic E-state index is 11.2. The summed E-state index contributed by atoms with van der Waals surface area (Å²) < 4.78 is 5.58. The number of aliphatic hydroxyl groups excluding tert-OH is 1. The largest absolute Gasteiger partial charge is 0.389 e. The van der Waals surface area contributed by atoms with Crippen molar-refractivity contribution in [3.05, 3.63) is 45.5 Å². The van der Waals surface area contributed by atoms with Crippen molar-refractivity contribution in [2.75, 3.05) is 13.2 Å². The number of benzene rings is 1. The van der Waals surface area contributed by atoms with Gasteiger partial charge in [0.2, 0.25) is 0 Å². The van der Waals surface area contributed by atoms with Gasteiger partial charge in [-0.3, -0.25) is 10.1 Å². The lowest BCUT2D eigenvalue weighted by Gasteiger charge is -2.15. The van der Waals surface area contributed by atoms with Crippen molar-refractivity contribution in [1.82, 2.24) is 0 Å². The topological polar surface area (TPSA) is 72.6 Å². The van der Waals surface area contributed by atoms with E-state index in [-0.39, 0.29) is 19.1 Å². The van der Waals surface area contributed by atoms with Gasteiger partial charge in [0, 0.05) is 4.92 Å². The summed E-state index contributed by atoms with van der Waals surface area (Å²) in [5, 5.41) is 20.5. The minimum atomic E-state index is -1.35. The second kappa shape index (κ2) is 9.14. The number of aryl methyl sites for hydroxylation is 1. The number of ether oxygens (including phenoxy) is 1. The van der Waals surface area contributed by atoms with Crippen molar-refractivity contribution in [3.8, 4) is 0 Å². The monoisotopic (exact) mass is 335 g/mol. The second-order valence-corrected chi connectivity index (χ2v) is 6.90. The lowest BCUT2D eigenvalue weighted by molar-refractivity contribution is -0.570. The summed E-state index contributed by atoms with van der Waals surface area (Å²) in [5.41, 5.74) is 0.913. The molecule has 1 heterocycles. The van der Waals surface area contributed by atoms with Crippen LogP contribution in [0, 0.1) is 10.1 Å². The normalized spacial score (nSPS) is 23.5. The fourth-order valence-corrected chi connectivity index (χ4v) is 3.24. The molecule has 1 aliphatic rings. The summed E-state index contributed by atoms with van der Waals surface area (Å²) in [6, 6.07) is 8.20. The molecule has 1 saturated heterocycles. The Balaban J connectivity index is 1.81. The molecule has 1 aromatic rings. The predicted octanol–water partition coefficient (Wildman–Crippen LogP) is 4.06. The average molecular weight is 335 g/mol. The summed E-state index contributed by atoms with van der Waals surface area (Å²) in [5.74, 6) is 0. The highest BCUT2D eigenvalue weighted by Gasteiger charge is 2.51.